The molecule has 1 N–H and O–H groups in total. The van der Waals surface area contributed by atoms with Crippen molar-refractivity contribution in [2.75, 3.05) is 6.61 Å². The van der Waals surface area contributed by atoms with E-state index in [1.807, 2.05) is 0 Å². The average Bonchev–Trinajstić information content (AvgIpc) is 1.85. The highest BCUT2D eigenvalue weighted by atomic mass is 35.5. The molecule has 0 bridgehead atoms. The Morgan fingerprint density at radius 3 is 2.50 bits per heavy atom. The zero-order valence-corrected chi connectivity index (χ0v) is 8.88. The first-order valence-corrected chi connectivity index (χ1v) is 5.34. The largest absolute Gasteiger partial charge is 0.490 e. The van der Waals surface area contributed by atoms with Crippen LogP contribution in [0.3, 0.4) is 0 Å². The molecule has 0 aliphatic heterocycles. The molecule has 0 radical (unpaired) electrons. The highest BCUT2D eigenvalue weighted by Crippen LogP contribution is 2.44. The summed E-state index contributed by atoms with van der Waals surface area (Å²) in [5.74, 6) is 0. The van der Waals surface area contributed by atoms with Gasteiger partial charge in [0, 0.05) is 17.8 Å². The summed E-state index contributed by atoms with van der Waals surface area (Å²) < 4.78 is 20.5. The first kappa shape index (κ1) is 12.4. The van der Waals surface area contributed by atoms with Gasteiger partial charge in [0.25, 0.3) is 0 Å². The molecule has 0 heterocycles. The predicted molar refractivity (Wildman–Crippen MR) is 45.4 cm³/mol. The Morgan fingerprint density at radius 1 is 1.67 bits per heavy atom. The lowest BCUT2D eigenvalue weighted by molar-refractivity contribution is -0.0282. The van der Waals surface area contributed by atoms with E-state index in [4.69, 9.17) is 16.7 Å². The van der Waals surface area contributed by atoms with Gasteiger partial charge in [-0.3, -0.25) is 4.52 Å². The summed E-state index contributed by atoms with van der Waals surface area (Å²) in [7, 11) is -4.01. The second kappa shape index (κ2) is 5.17. The molecule has 1 unspecified atom stereocenters. The summed E-state index contributed by atoms with van der Waals surface area (Å²) >= 11 is 5.43. The number of phosphoric ester groups is 1. The third-order valence-corrected chi connectivity index (χ3v) is 2.40. The number of hydrogen-bond donors (Lipinski definition) is 1. The number of hydrogen-bond acceptors (Lipinski definition) is 4. The van der Waals surface area contributed by atoms with Gasteiger partial charge in [-0.2, -0.15) is 4.62 Å². The van der Waals surface area contributed by atoms with E-state index in [1.165, 1.54) is 0 Å². The lowest BCUT2D eigenvalue weighted by Gasteiger charge is -2.19. The lowest BCUT2D eigenvalue weighted by atomic mass is 10.4. The number of rotatable bonds is 5. The molecular formula is C5H13ClNO4P. The molecule has 0 aromatic heterocycles. The molecular weight excluding hydrogens is 204 g/mol. The Kier molecular flexibility index (Phi) is 5.32. The summed E-state index contributed by atoms with van der Waals surface area (Å²) in [5.41, 5.74) is 0. The van der Waals surface area contributed by atoms with Crippen molar-refractivity contribution >= 4 is 19.6 Å². The van der Waals surface area contributed by atoms with Gasteiger partial charge in [0.05, 0.1) is 6.61 Å². The van der Waals surface area contributed by atoms with E-state index in [0.29, 0.717) is 0 Å². The summed E-state index contributed by atoms with van der Waals surface area (Å²) in [6, 6.07) is -0.201. The Balaban J connectivity index is 3.97. The lowest BCUT2D eigenvalue weighted by Crippen LogP contribution is -2.20. The molecule has 0 aliphatic carbocycles. The van der Waals surface area contributed by atoms with E-state index in [2.05, 4.69) is 9.15 Å². The van der Waals surface area contributed by atoms with E-state index in [0.717, 1.165) is 4.58 Å². The molecule has 12 heavy (non-hydrogen) atoms. The fraction of sp³-hybridized carbons (Fsp3) is 1.00. The van der Waals surface area contributed by atoms with Crippen molar-refractivity contribution in [3.05, 3.63) is 0 Å². The van der Waals surface area contributed by atoms with E-state index in [9.17, 15) is 4.57 Å². The fourth-order valence-electron chi connectivity index (χ4n) is 0.380. The van der Waals surface area contributed by atoms with Crippen LogP contribution in [0.5, 0.6) is 0 Å². The molecule has 0 aromatic rings. The molecule has 0 aliphatic rings. The molecule has 0 saturated heterocycles. The molecule has 0 amide bonds. The second-order valence-electron chi connectivity index (χ2n) is 2.33. The maximum atomic E-state index is 10.9. The minimum absolute atomic E-state index is 0.0939. The van der Waals surface area contributed by atoms with Crippen LogP contribution in [0.15, 0.2) is 0 Å². The quantitative estimate of drug-likeness (QED) is 0.433. The molecule has 5 nitrogen and oxygen atoms in total. The van der Waals surface area contributed by atoms with Crippen LogP contribution in [0.1, 0.15) is 20.8 Å². The third kappa shape index (κ3) is 5.09. The van der Waals surface area contributed by atoms with Gasteiger partial charge >= 0.3 is 7.82 Å². The SMILES string of the molecule is CCOP(=O)(O)ON(Cl)C(C)C. The predicted octanol–water partition coefficient (Wildman–Crippen LogP) is 1.92. The van der Waals surface area contributed by atoms with Crippen molar-refractivity contribution in [1.29, 1.82) is 0 Å². The topological polar surface area (TPSA) is 59.0 Å². The number of hydroxylamine groups is 1. The molecule has 74 valence electrons. The average molecular weight is 218 g/mol. The highest BCUT2D eigenvalue weighted by molar-refractivity contribution is 7.47. The Bertz CT molecular complexity index is 177. The van der Waals surface area contributed by atoms with Gasteiger partial charge in [-0.15, -0.1) is 0 Å². The molecule has 0 fully saturated rings. The Morgan fingerprint density at radius 2 is 2.17 bits per heavy atom. The van der Waals surface area contributed by atoms with Crippen molar-refractivity contribution in [1.82, 2.24) is 4.58 Å². The van der Waals surface area contributed by atoms with Crippen LogP contribution in [0.2, 0.25) is 0 Å². The Hall–Kier alpha value is 0.360. The van der Waals surface area contributed by atoms with Crippen LogP contribution in [-0.2, 0) is 13.7 Å². The number of phosphoric acid groups is 1. The first-order valence-electron chi connectivity index (χ1n) is 3.51. The van der Waals surface area contributed by atoms with E-state index in [-0.39, 0.29) is 12.6 Å². The van der Waals surface area contributed by atoms with Crippen LogP contribution in [0.25, 0.3) is 0 Å². The Labute approximate surface area is 76.9 Å². The monoisotopic (exact) mass is 217 g/mol. The molecule has 7 heteroatoms. The van der Waals surface area contributed by atoms with Gasteiger partial charge in [0.1, 0.15) is 0 Å². The van der Waals surface area contributed by atoms with Gasteiger partial charge in [0.15, 0.2) is 0 Å². The van der Waals surface area contributed by atoms with Crippen molar-refractivity contribution in [3.8, 4) is 0 Å². The van der Waals surface area contributed by atoms with Crippen LogP contribution in [-0.4, -0.2) is 22.1 Å². The second-order valence-corrected chi connectivity index (χ2v) is 4.03. The standard InChI is InChI=1S/C5H13ClNO4P/c1-4-10-12(8,9)11-7(6)5(2)3/h5H,4H2,1-3H3,(H,8,9). The maximum Gasteiger partial charge on any atom is 0.490 e. The minimum atomic E-state index is -4.01. The van der Waals surface area contributed by atoms with E-state index >= 15 is 0 Å². The van der Waals surface area contributed by atoms with Crippen molar-refractivity contribution in [2.24, 2.45) is 0 Å². The first-order chi connectivity index (χ1) is 5.39. The van der Waals surface area contributed by atoms with Gasteiger partial charge < -0.3 is 4.89 Å². The summed E-state index contributed by atoms with van der Waals surface area (Å²) in [6.45, 7) is 5.09. The molecule has 0 rings (SSSR count). The van der Waals surface area contributed by atoms with Crippen LogP contribution in [0, 0.1) is 0 Å². The molecule has 0 saturated carbocycles. The van der Waals surface area contributed by atoms with Crippen molar-refractivity contribution in [3.63, 3.8) is 0 Å². The zero-order chi connectivity index (χ0) is 9.78. The summed E-state index contributed by atoms with van der Waals surface area (Å²) in [6.07, 6.45) is 0. The van der Waals surface area contributed by atoms with E-state index in [1.54, 1.807) is 20.8 Å². The maximum absolute atomic E-state index is 10.9. The van der Waals surface area contributed by atoms with Crippen molar-refractivity contribution in [2.45, 2.75) is 26.8 Å². The minimum Gasteiger partial charge on any atom is -0.301 e. The summed E-state index contributed by atoms with van der Waals surface area (Å²) in [4.78, 5) is 8.92. The summed E-state index contributed by atoms with van der Waals surface area (Å²) in [5, 5.41) is 0. The van der Waals surface area contributed by atoms with Crippen LogP contribution < -0.4 is 0 Å². The number of nitrogens with zero attached hydrogens (tertiary/aromatic N) is 1. The molecule has 0 aromatic carbocycles. The van der Waals surface area contributed by atoms with Crippen LogP contribution >= 0.6 is 19.6 Å². The van der Waals surface area contributed by atoms with E-state index < -0.39 is 7.82 Å². The van der Waals surface area contributed by atoms with Gasteiger partial charge in [-0.1, -0.05) is 4.58 Å². The normalized spacial score (nSPS) is 16.9. The van der Waals surface area contributed by atoms with Gasteiger partial charge in [-0.05, 0) is 20.8 Å². The number of halogens is 1. The zero-order valence-electron chi connectivity index (χ0n) is 7.23. The smallest absolute Gasteiger partial charge is 0.301 e. The molecule has 0 spiro atoms. The third-order valence-electron chi connectivity index (χ3n) is 0.879. The highest BCUT2D eigenvalue weighted by Gasteiger charge is 2.25. The van der Waals surface area contributed by atoms with Crippen LogP contribution in [0.4, 0.5) is 0 Å². The van der Waals surface area contributed by atoms with Gasteiger partial charge in [-0.25, -0.2) is 4.57 Å². The fourth-order valence-corrected chi connectivity index (χ4v) is 1.37. The van der Waals surface area contributed by atoms with Crippen molar-refractivity contribution < 1.29 is 18.6 Å². The molecule has 1 atom stereocenters. The van der Waals surface area contributed by atoms with Gasteiger partial charge in [0.2, 0.25) is 0 Å².